The quantitative estimate of drug-likeness (QED) is 0.908. The highest BCUT2D eigenvalue weighted by Crippen LogP contribution is 2.31. The molecule has 3 heterocycles. The van der Waals surface area contributed by atoms with Gasteiger partial charge in [-0.25, -0.2) is 9.67 Å². The van der Waals surface area contributed by atoms with Crippen LogP contribution in [0.4, 0.5) is 0 Å². The molecule has 0 amide bonds. The monoisotopic (exact) mass is 332 g/mol. The second-order valence-corrected chi connectivity index (χ2v) is 7.37. The van der Waals surface area contributed by atoms with E-state index in [-0.39, 0.29) is 6.04 Å². The van der Waals surface area contributed by atoms with E-state index in [0.717, 1.165) is 31.8 Å². The summed E-state index contributed by atoms with van der Waals surface area (Å²) < 4.78 is 3.99. The first-order valence-electron chi connectivity index (χ1n) is 8.78. The van der Waals surface area contributed by atoms with Gasteiger partial charge in [-0.1, -0.05) is 5.21 Å². The summed E-state index contributed by atoms with van der Waals surface area (Å²) in [6, 6.07) is 0.630. The standard InChI is InChI=1S/C17H28N6O/c1-13(2)22-9-7-18-16(22)11-21-8-5-6-17(24,12-21)15-10-23(14(3)4)20-19-15/h7,9-10,13-14,24H,5-6,8,11-12H2,1-4H3/t17-/m0/s1. The molecule has 0 spiro atoms. The first-order valence-corrected chi connectivity index (χ1v) is 8.78. The van der Waals surface area contributed by atoms with Gasteiger partial charge in [0.2, 0.25) is 0 Å². The van der Waals surface area contributed by atoms with Crippen LogP contribution in [0.25, 0.3) is 0 Å². The molecular formula is C17H28N6O. The fraction of sp³-hybridized carbons (Fsp3) is 0.706. The first kappa shape index (κ1) is 17.1. The number of aromatic nitrogens is 5. The maximum absolute atomic E-state index is 11.1. The zero-order valence-corrected chi connectivity index (χ0v) is 15.1. The van der Waals surface area contributed by atoms with Gasteiger partial charge in [0.15, 0.2) is 0 Å². The lowest BCUT2D eigenvalue weighted by Gasteiger charge is -2.37. The van der Waals surface area contributed by atoms with Crippen LogP contribution >= 0.6 is 0 Å². The molecule has 24 heavy (non-hydrogen) atoms. The van der Waals surface area contributed by atoms with Gasteiger partial charge in [0.1, 0.15) is 17.1 Å². The number of rotatable bonds is 5. The van der Waals surface area contributed by atoms with Crippen LogP contribution in [-0.4, -0.2) is 47.6 Å². The molecule has 1 atom stereocenters. The van der Waals surface area contributed by atoms with E-state index in [9.17, 15) is 5.11 Å². The Balaban J connectivity index is 1.74. The highest BCUT2D eigenvalue weighted by Gasteiger charge is 2.38. The zero-order valence-electron chi connectivity index (χ0n) is 15.1. The Morgan fingerprint density at radius 2 is 2.04 bits per heavy atom. The molecule has 0 unspecified atom stereocenters. The third-order valence-corrected chi connectivity index (χ3v) is 4.74. The predicted molar refractivity (Wildman–Crippen MR) is 91.4 cm³/mol. The number of nitrogens with zero attached hydrogens (tertiary/aromatic N) is 6. The van der Waals surface area contributed by atoms with Gasteiger partial charge in [0.25, 0.3) is 0 Å². The van der Waals surface area contributed by atoms with Gasteiger partial charge in [-0.2, -0.15) is 0 Å². The van der Waals surface area contributed by atoms with Crippen LogP contribution in [0.2, 0.25) is 0 Å². The van der Waals surface area contributed by atoms with E-state index in [1.165, 1.54) is 0 Å². The van der Waals surface area contributed by atoms with Crippen LogP contribution in [0.15, 0.2) is 18.6 Å². The number of likely N-dealkylation sites (tertiary alicyclic amines) is 1. The number of β-amino-alcohol motifs (C(OH)–C–C–N with tert-alkyl or cyclic N) is 1. The Labute approximate surface area is 143 Å². The minimum Gasteiger partial charge on any atom is -0.382 e. The largest absolute Gasteiger partial charge is 0.382 e. The van der Waals surface area contributed by atoms with Crippen molar-refractivity contribution in [3.8, 4) is 0 Å². The predicted octanol–water partition coefficient (Wildman–Crippen LogP) is 2.12. The molecule has 1 fully saturated rings. The highest BCUT2D eigenvalue weighted by molar-refractivity contribution is 5.10. The molecule has 0 radical (unpaired) electrons. The fourth-order valence-corrected chi connectivity index (χ4v) is 3.35. The summed E-state index contributed by atoms with van der Waals surface area (Å²) in [5, 5.41) is 19.5. The van der Waals surface area contributed by atoms with Crippen molar-refractivity contribution in [2.75, 3.05) is 13.1 Å². The average Bonchev–Trinajstić information content (AvgIpc) is 3.16. The van der Waals surface area contributed by atoms with Crippen LogP contribution in [0.1, 0.15) is 64.1 Å². The van der Waals surface area contributed by atoms with E-state index in [1.807, 2.05) is 18.6 Å². The van der Waals surface area contributed by atoms with Crippen molar-refractivity contribution in [1.29, 1.82) is 0 Å². The lowest BCUT2D eigenvalue weighted by Crippen LogP contribution is -2.46. The van der Waals surface area contributed by atoms with Gasteiger partial charge in [-0.3, -0.25) is 4.90 Å². The molecule has 1 N–H and O–H groups in total. The number of piperidine rings is 1. The molecule has 7 heteroatoms. The Morgan fingerprint density at radius 1 is 1.25 bits per heavy atom. The molecule has 2 aromatic heterocycles. The Morgan fingerprint density at radius 3 is 2.71 bits per heavy atom. The van der Waals surface area contributed by atoms with Crippen molar-refractivity contribution in [3.05, 3.63) is 30.1 Å². The summed E-state index contributed by atoms with van der Waals surface area (Å²) in [7, 11) is 0. The first-order chi connectivity index (χ1) is 11.4. The van der Waals surface area contributed by atoms with Gasteiger partial charge in [-0.15, -0.1) is 5.10 Å². The summed E-state index contributed by atoms with van der Waals surface area (Å²) in [5.41, 5.74) is -0.256. The molecule has 1 aliphatic rings. The molecule has 1 saturated heterocycles. The van der Waals surface area contributed by atoms with Crippen molar-refractivity contribution >= 4 is 0 Å². The maximum Gasteiger partial charge on any atom is 0.123 e. The summed E-state index contributed by atoms with van der Waals surface area (Å²) in [6.07, 6.45) is 7.40. The van der Waals surface area contributed by atoms with Crippen molar-refractivity contribution in [1.82, 2.24) is 29.4 Å². The van der Waals surface area contributed by atoms with Crippen LogP contribution in [0, 0.1) is 0 Å². The van der Waals surface area contributed by atoms with Crippen molar-refractivity contribution in [2.24, 2.45) is 0 Å². The second-order valence-electron chi connectivity index (χ2n) is 7.37. The number of hydrogen-bond donors (Lipinski definition) is 1. The van der Waals surface area contributed by atoms with Crippen LogP contribution in [-0.2, 0) is 12.1 Å². The smallest absolute Gasteiger partial charge is 0.123 e. The molecule has 1 aliphatic heterocycles. The Hall–Kier alpha value is -1.73. The van der Waals surface area contributed by atoms with Crippen molar-refractivity contribution in [3.63, 3.8) is 0 Å². The maximum atomic E-state index is 11.1. The number of aliphatic hydroxyl groups is 1. The second kappa shape index (κ2) is 6.64. The average molecular weight is 332 g/mol. The molecule has 0 bridgehead atoms. The van der Waals surface area contributed by atoms with E-state index in [1.54, 1.807) is 4.68 Å². The van der Waals surface area contributed by atoms with Gasteiger partial charge in [-0.05, 0) is 47.1 Å². The summed E-state index contributed by atoms with van der Waals surface area (Å²) >= 11 is 0. The molecular weight excluding hydrogens is 304 g/mol. The lowest BCUT2D eigenvalue weighted by atomic mass is 9.90. The van der Waals surface area contributed by atoms with Crippen LogP contribution < -0.4 is 0 Å². The number of hydrogen-bond acceptors (Lipinski definition) is 5. The SMILES string of the molecule is CC(C)n1cc([C@]2(O)CCCN(Cc3nccn3C(C)C)C2)nn1. The Bertz CT molecular complexity index is 676. The molecule has 0 aliphatic carbocycles. The summed E-state index contributed by atoms with van der Waals surface area (Å²) in [4.78, 5) is 6.75. The fourth-order valence-electron chi connectivity index (χ4n) is 3.35. The van der Waals surface area contributed by atoms with Crippen LogP contribution in [0.5, 0.6) is 0 Å². The highest BCUT2D eigenvalue weighted by atomic mass is 16.3. The van der Waals surface area contributed by atoms with Gasteiger partial charge < -0.3 is 9.67 Å². The molecule has 0 aromatic carbocycles. The lowest BCUT2D eigenvalue weighted by molar-refractivity contribution is -0.0423. The zero-order chi connectivity index (χ0) is 17.3. The third kappa shape index (κ3) is 3.37. The molecule has 3 rings (SSSR count). The molecule has 7 nitrogen and oxygen atoms in total. The van der Waals surface area contributed by atoms with E-state index >= 15 is 0 Å². The van der Waals surface area contributed by atoms with E-state index in [0.29, 0.717) is 18.3 Å². The summed E-state index contributed by atoms with van der Waals surface area (Å²) in [6.45, 7) is 10.7. The van der Waals surface area contributed by atoms with Crippen molar-refractivity contribution < 1.29 is 5.11 Å². The van der Waals surface area contributed by atoms with Gasteiger partial charge in [0, 0.05) is 31.0 Å². The minimum atomic E-state index is -0.930. The van der Waals surface area contributed by atoms with Crippen LogP contribution in [0.3, 0.4) is 0 Å². The number of imidazole rings is 1. The van der Waals surface area contributed by atoms with E-state index in [2.05, 4.69) is 52.5 Å². The minimum absolute atomic E-state index is 0.244. The normalized spacial score (nSPS) is 22.6. The molecule has 132 valence electrons. The third-order valence-electron chi connectivity index (χ3n) is 4.74. The summed E-state index contributed by atoms with van der Waals surface area (Å²) in [5.74, 6) is 1.04. The van der Waals surface area contributed by atoms with Gasteiger partial charge >= 0.3 is 0 Å². The molecule has 2 aromatic rings. The topological polar surface area (TPSA) is 72.0 Å². The van der Waals surface area contributed by atoms with E-state index < -0.39 is 5.60 Å². The van der Waals surface area contributed by atoms with Gasteiger partial charge in [0.05, 0.1) is 12.7 Å². The van der Waals surface area contributed by atoms with Crippen molar-refractivity contribution in [2.45, 2.75) is 64.8 Å². The molecule has 0 saturated carbocycles. The van der Waals surface area contributed by atoms with E-state index in [4.69, 9.17) is 0 Å². The Kier molecular flexibility index (Phi) is 4.73.